The summed E-state index contributed by atoms with van der Waals surface area (Å²) >= 11 is 4.99. The van der Waals surface area contributed by atoms with E-state index in [1.54, 1.807) is 12.4 Å². The predicted octanol–water partition coefficient (Wildman–Crippen LogP) is 2.38. The van der Waals surface area contributed by atoms with Gasteiger partial charge >= 0.3 is 0 Å². The Bertz CT molecular complexity index is 480. The monoisotopic (exact) mass is 214 g/mol. The van der Waals surface area contributed by atoms with Crippen molar-refractivity contribution in [3.63, 3.8) is 0 Å². The molecular formula is C12H10N2S. The first-order chi connectivity index (χ1) is 7.29. The quantitative estimate of drug-likeness (QED) is 0.780. The van der Waals surface area contributed by atoms with Gasteiger partial charge in [-0.25, -0.2) is 0 Å². The lowest BCUT2D eigenvalue weighted by Crippen LogP contribution is -2.11. The van der Waals surface area contributed by atoms with Gasteiger partial charge in [0, 0.05) is 18.0 Å². The second kappa shape index (κ2) is 4.19. The van der Waals surface area contributed by atoms with Crippen LogP contribution >= 0.6 is 12.2 Å². The average Bonchev–Trinajstić information content (AvgIpc) is 2.30. The summed E-state index contributed by atoms with van der Waals surface area (Å²) in [6.45, 7) is 0. The molecule has 2 aromatic rings. The summed E-state index contributed by atoms with van der Waals surface area (Å²) in [6.07, 6.45) is 3.44. The fourth-order valence-corrected chi connectivity index (χ4v) is 1.62. The summed E-state index contributed by atoms with van der Waals surface area (Å²) in [5, 5.41) is 0. The van der Waals surface area contributed by atoms with Crippen LogP contribution in [0.15, 0.2) is 48.8 Å². The summed E-state index contributed by atoms with van der Waals surface area (Å²) < 4.78 is 0. The Hall–Kier alpha value is -1.74. The normalized spacial score (nSPS) is 9.87. The molecule has 74 valence electrons. The van der Waals surface area contributed by atoms with Gasteiger partial charge in [-0.15, -0.1) is 0 Å². The summed E-state index contributed by atoms with van der Waals surface area (Å²) in [5.74, 6) is 0. The Morgan fingerprint density at radius 1 is 1.13 bits per heavy atom. The molecule has 0 amide bonds. The molecule has 3 heteroatoms. The van der Waals surface area contributed by atoms with Crippen molar-refractivity contribution in [1.29, 1.82) is 0 Å². The lowest BCUT2D eigenvalue weighted by atomic mass is 10.0. The molecule has 2 rings (SSSR count). The Balaban J connectivity index is 2.58. The number of aromatic nitrogens is 1. The van der Waals surface area contributed by atoms with Crippen LogP contribution in [0.3, 0.4) is 0 Å². The molecule has 15 heavy (non-hydrogen) atoms. The Morgan fingerprint density at radius 3 is 2.53 bits per heavy atom. The third kappa shape index (κ3) is 2.02. The minimum atomic E-state index is 0.377. The van der Waals surface area contributed by atoms with Crippen LogP contribution < -0.4 is 5.73 Å². The molecule has 0 bridgehead atoms. The molecule has 0 unspecified atom stereocenters. The summed E-state index contributed by atoms with van der Waals surface area (Å²) in [5.41, 5.74) is 8.59. The Morgan fingerprint density at radius 2 is 1.87 bits per heavy atom. The molecule has 0 fully saturated rings. The second-order valence-electron chi connectivity index (χ2n) is 3.15. The summed E-state index contributed by atoms with van der Waals surface area (Å²) in [4.78, 5) is 4.40. The van der Waals surface area contributed by atoms with Gasteiger partial charge in [0.25, 0.3) is 0 Å². The maximum absolute atomic E-state index is 5.64. The zero-order valence-electron chi connectivity index (χ0n) is 8.05. The van der Waals surface area contributed by atoms with E-state index in [1.165, 1.54) is 0 Å². The first-order valence-corrected chi connectivity index (χ1v) is 4.99. The van der Waals surface area contributed by atoms with Crippen LogP contribution in [0.1, 0.15) is 5.56 Å². The van der Waals surface area contributed by atoms with Crippen molar-refractivity contribution in [2.24, 2.45) is 5.73 Å². The van der Waals surface area contributed by atoms with Gasteiger partial charge in [0.15, 0.2) is 0 Å². The smallest absolute Gasteiger partial charge is 0.106 e. The second-order valence-corrected chi connectivity index (χ2v) is 3.59. The van der Waals surface area contributed by atoms with Crippen molar-refractivity contribution < 1.29 is 0 Å². The highest BCUT2D eigenvalue weighted by Gasteiger charge is 2.05. The maximum atomic E-state index is 5.64. The van der Waals surface area contributed by atoms with Gasteiger partial charge in [-0.05, 0) is 17.2 Å². The van der Waals surface area contributed by atoms with Crippen LogP contribution in [0.2, 0.25) is 0 Å². The topological polar surface area (TPSA) is 38.9 Å². The highest BCUT2D eigenvalue weighted by molar-refractivity contribution is 7.80. The highest BCUT2D eigenvalue weighted by Crippen LogP contribution is 2.22. The van der Waals surface area contributed by atoms with E-state index in [9.17, 15) is 0 Å². The van der Waals surface area contributed by atoms with Crippen molar-refractivity contribution in [2.45, 2.75) is 0 Å². The van der Waals surface area contributed by atoms with Gasteiger partial charge in [-0.2, -0.15) is 0 Å². The molecule has 0 aliphatic carbocycles. The van der Waals surface area contributed by atoms with Crippen molar-refractivity contribution in [3.8, 4) is 11.1 Å². The first kappa shape index (κ1) is 9.80. The van der Waals surface area contributed by atoms with E-state index in [0.717, 1.165) is 16.7 Å². The van der Waals surface area contributed by atoms with Crippen LogP contribution in [-0.2, 0) is 0 Å². The van der Waals surface area contributed by atoms with E-state index in [2.05, 4.69) is 4.98 Å². The molecule has 0 aliphatic heterocycles. The molecule has 0 spiro atoms. The van der Waals surface area contributed by atoms with Crippen LogP contribution in [-0.4, -0.2) is 9.97 Å². The van der Waals surface area contributed by atoms with Gasteiger partial charge in [0.1, 0.15) is 4.99 Å². The molecule has 0 radical (unpaired) electrons. The van der Waals surface area contributed by atoms with Crippen LogP contribution in [0.25, 0.3) is 11.1 Å². The standard InChI is InChI=1S/C12H10N2S/c13-12(15)11-8-14-7-6-10(11)9-4-2-1-3-5-9/h1-8H,(H2,13,15). The average molecular weight is 214 g/mol. The number of pyridine rings is 1. The molecule has 1 heterocycles. The molecule has 0 saturated heterocycles. The molecular weight excluding hydrogens is 204 g/mol. The van der Waals surface area contributed by atoms with Crippen molar-refractivity contribution in [3.05, 3.63) is 54.4 Å². The molecule has 0 aliphatic rings. The summed E-state index contributed by atoms with van der Waals surface area (Å²) in [7, 11) is 0. The zero-order valence-corrected chi connectivity index (χ0v) is 8.87. The van der Waals surface area contributed by atoms with Gasteiger partial charge in [-0.1, -0.05) is 42.5 Å². The number of thiocarbonyl (C=S) groups is 1. The summed E-state index contributed by atoms with van der Waals surface area (Å²) in [6, 6.07) is 11.9. The minimum Gasteiger partial charge on any atom is -0.389 e. The largest absolute Gasteiger partial charge is 0.389 e. The number of benzene rings is 1. The van der Waals surface area contributed by atoms with E-state index in [4.69, 9.17) is 18.0 Å². The van der Waals surface area contributed by atoms with E-state index in [0.29, 0.717) is 4.99 Å². The predicted molar refractivity (Wildman–Crippen MR) is 65.6 cm³/mol. The zero-order chi connectivity index (χ0) is 10.7. The third-order valence-corrected chi connectivity index (χ3v) is 2.39. The molecule has 1 aromatic heterocycles. The molecule has 2 N–H and O–H groups in total. The molecule has 2 nitrogen and oxygen atoms in total. The lowest BCUT2D eigenvalue weighted by Gasteiger charge is -2.06. The van der Waals surface area contributed by atoms with Crippen LogP contribution in [0, 0.1) is 0 Å². The first-order valence-electron chi connectivity index (χ1n) is 4.58. The molecule has 0 saturated carbocycles. The third-order valence-electron chi connectivity index (χ3n) is 2.17. The Kier molecular flexibility index (Phi) is 2.74. The van der Waals surface area contributed by atoms with E-state index in [-0.39, 0.29) is 0 Å². The van der Waals surface area contributed by atoms with Crippen molar-refractivity contribution in [1.82, 2.24) is 4.98 Å². The number of nitrogens with zero attached hydrogens (tertiary/aromatic N) is 1. The Labute approximate surface area is 93.8 Å². The molecule has 1 aromatic carbocycles. The minimum absolute atomic E-state index is 0.377. The van der Waals surface area contributed by atoms with Gasteiger partial charge < -0.3 is 5.73 Å². The van der Waals surface area contributed by atoms with Crippen molar-refractivity contribution >= 4 is 17.2 Å². The number of rotatable bonds is 2. The number of hydrogen-bond donors (Lipinski definition) is 1. The molecule has 0 atom stereocenters. The SMILES string of the molecule is NC(=S)c1cnccc1-c1ccccc1. The number of hydrogen-bond acceptors (Lipinski definition) is 2. The lowest BCUT2D eigenvalue weighted by molar-refractivity contribution is 1.32. The van der Waals surface area contributed by atoms with Crippen LogP contribution in [0.4, 0.5) is 0 Å². The fourth-order valence-electron chi connectivity index (χ4n) is 1.46. The fraction of sp³-hybridized carbons (Fsp3) is 0. The van der Waals surface area contributed by atoms with E-state index >= 15 is 0 Å². The van der Waals surface area contributed by atoms with E-state index < -0.39 is 0 Å². The maximum Gasteiger partial charge on any atom is 0.106 e. The van der Waals surface area contributed by atoms with E-state index in [1.807, 2.05) is 36.4 Å². The van der Waals surface area contributed by atoms with Crippen molar-refractivity contribution in [2.75, 3.05) is 0 Å². The van der Waals surface area contributed by atoms with Crippen LogP contribution in [0.5, 0.6) is 0 Å². The number of nitrogens with two attached hydrogens (primary N) is 1. The van der Waals surface area contributed by atoms with Gasteiger partial charge in [0.05, 0.1) is 0 Å². The van der Waals surface area contributed by atoms with Gasteiger partial charge in [0.2, 0.25) is 0 Å². The highest BCUT2D eigenvalue weighted by atomic mass is 32.1. The van der Waals surface area contributed by atoms with Gasteiger partial charge in [-0.3, -0.25) is 4.98 Å².